The van der Waals surface area contributed by atoms with Gasteiger partial charge in [-0.1, -0.05) is 0 Å². The molecule has 2 heterocycles. The van der Waals surface area contributed by atoms with Crippen molar-refractivity contribution in [2.75, 3.05) is 13.1 Å². The lowest BCUT2D eigenvalue weighted by atomic mass is 10.0. The number of nitrogens with one attached hydrogen (secondary N) is 1. The molecule has 0 saturated carbocycles. The summed E-state index contributed by atoms with van der Waals surface area (Å²) < 4.78 is 0. The molecule has 1 N–H and O–H groups in total. The fourth-order valence-electron chi connectivity index (χ4n) is 1.67. The molecule has 68 valence electrons. The van der Waals surface area contributed by atoms with Crippen molar-refractivity contribution in [1.29, 1.82) is 0 Å². The third-order valence-corrected chi connectivity index (χ3v) is 2.42. The predicted molar refractivity (Wildman–Crippen MR) is 49.9 cm³/mol. The third-order valence-electron chi connectivity index (χ3n) is 2.42. The minimum absolute atomic E-state index is 0.486. The van der Waals surface area contributed by atoms with Crippen LogP contribution in [0, 0.1) is 0 Å². The van der Waals surface area contributed by atoms with Gasteiger partial charge in [0.1, 0.15) is 6.29 Å². The van der Waals surface area contributed by atoms with Gasteiger partial charge in [-0.15, -0.1) is 0 Å². The first-order valence-corrected chi connectivity index (χ1v) is 4.52. The van der Waals surface area contributed by atoms with Gasteiger partial charge in [0.2, 0.25) is 0 Å². The highest BCUT2D eigenvalue weighted by Gasteiger charge is 2.17. The van der Waals surface area contributed by atoms with E-state index in [4.69, 9.17) is 0 Å². The number of carbonyl (C=O) groups excluding carboxylic acids is 1. The van der Waals surface area contributed by atoms with Crippen molar-refractivity contribution in [3.63, 3.8) is 0 Å². The molecular formula is C10H12N2O. The minimum atomic E-state index is 0.486. The third kappa shape index (κ3) is 1.75. The van der Waals surface area contributed by atoms with E-state index in [1.165, 1.54) is 0 Å². The van der Waals surface area contributed by atoms with Crippen LogP contribution in [0.1, 0.15) is 28.4 Å². The second-order valence-corrected chi connectivity index (χ2v) is 3.32. The molecule has 1 aromatic heterocycles. The van der Waals surface area contributed by atoms with Crippen molar-refractivity contribution in [2.45, 2.75) is 12.3 Å². The van der Waals surface area contributed by atoms with E-state index in [9.17, 15) is 4.79 Å². The van der Waals surface area contributed by atoms with Crippen LogP contribution in [0.3, 0.4) is 0 Å². The van der Waals surface area contributed by atoms with Crippen LogP contribution in [0.2, 0.25) is 0 Å². The van der Waals surface area contributed by atoms with E-state index in [0.717, 1.165) is 37.1 Å². The molecule has 1 unspecified atom stereocenters. The quantitative estimate of drug-likeness (QED) is 0.683. The van der Waals surface area contributed by atoms with Crippen LogP contribution in [0.4, 0.5) is 0 Å². The first-order valence-electron chi connectivity index (χ1n) is 4.52. The van der Waals surface area contributed by atoms with Crippen LogP contribution in [-0.4, -0.2) is 24.4 Å². The maximum Gasteiger partial charge on any atom is 0.150 e. The molecule has 0 spiro atoms. The van der Waals surface area contributed by atoms with E-state index in [1.54, 1.807) is 12.3 Å². The largest absolute Gasteiger partial charge is 0.316 e. The summed E-state index contributed by atoms with van der Waals surface area (Å²) in [5, 5.41) is 3.28. The molecule has 1 saturated heterocycles. The van der Waals surface area contributed by atoms with Crippen molar-refractivity contribution in [2.24, 2.45) is 0 Å². The number of nitrogens with zero attached hydrogens (tertiary/aromatic N) is 1. The Balaban J connectivity index is 2.23. The van der Waals surface area contributed by atoms with Gasteiger partial charge in [0, 0.05) is 29.9 Å². The van der Waals surface area contributed by atoms with E-state index >= 15 is 0 Å². The average molecular weight is 176 g/mol. The number of aldehydes is 1. The molecule has 1 aliphatic heterocycles. The summed E-state index contributed by atoms with van der Waals surface area (Å²) in [6.07, 6.45) is 3.69. The monoisotopic (exact) mass is 176 g/mol. The molecule has 2 rings (SSSR count). The van der Waals surface area contributed by atoms with Crippen LogP contribution in [0.25, 0.3) is 0 Å². The van der Waals surface area contributed by atoms with Crippen LogP contribution in [-0.2, 0) is 0 Å². The summed E-state index contributed by atoms with van der Waals surface area (Å²) in [6, 6.07) is 3.61. The lowest BCUT2D eigenvalue weighted by Gasteiger charge is -2.06. The second kappa shape index (κ2) is 3.66. The Labute approximate surface area is 77.2 Å². The van der Waals surface area contributed by atoms with Gasteiger partial charge in [-0.25, -0.2) is 0 Å². The summed E-state index contributed by atoms with van der Waals surface area (Å²) >= 11 is 0. The van der Waals surface area contributed by atoms with Gasteiger partial charge >= 0.3 is 0 Å². The zero-order valence-electron chi connectivity index (χ0n) is 7.36. The van der Waals surface area contributed by atoms with Crippen molar-refractivity contribution in [1.82, 2.24) is 10.3 Å². The molecule has 0 bridgehead atoms. The van der Waals surface area contributed by atoms with Gasteiger partial charge < -0.3 is 5.32 Å². The fourth-order valence-corrected chi connectivity index (χ4v) is 1.67. The highest BCUT2D eigenvalue weighted by Crippen LogP contribution is 2.20. The smallest absolute Gasteiger partial charge is 0.150 e. The number of rotatable bonds is 2. The fraction of sp³-hybridized carbons (Fsp3) is 0.400. The van der Waals surface area contributed by atoms with Crippen LogP contribution in [0.5, 0.6) is 0 Å². The molecule has 3 nitrogen and oxygen atoms in total. The summed E-state index contributed by atoms with van der Waals surface area (Å²) in [5.74, 6) is 0.486. The lowest BCUT2D eigenvalue weighted by Crippen LogP contribution is -2.09. The molecule has 1 atom stereocenters. The Kier molecular flexibility index (Phi) is 2.36. The molecule has 3 heteroatoms. The van der Waals surface area contributed by atoms with Gasteiger partial charge in [-0.05, 0) is 25.1 Å². The summed E-state index contributed by atoms with van der Waals surface area (Å²) in [7, 11) is 0. The summed E-state index contributed by atoms with van der Waals surface area (Å²) in [6.45, 7) is 2.03. The van der Waals surface area contributed by atoms with E-state index < -0.39 is 0 Å². The topological polar surface area (TPSA) is 42.0 Å². The zero-order valence-corrected chi connectivity index (χ0v) is 7.36. The minimum Gasteiger partial charge on any atom is -0.316 e. The molecule has 0 amide bonds. The van der Waals surface area contributed by atoms with Crippen LogP contribution >= 0.6 is 0 Å². The molecule has 0 aliphatic carbocycles. The Bertz CT molecular complexity index is 306. The summed E-state index contributed by atoms with van der Waals surface area (Å²) in [4.78, 5) is 14.8. The van der Waals surface area contributed by atoms with E-state index in [1.807, 2.05) is 6.07 Å². The normalized spacial score (nSPS) is 21.7. The lowest BCUT2D eigenvalue weighted by molar-refractivity contribution is 0.112. The standard InChI is InChI=1S/C10H12N2O/c13-7-8-1-4-12-10(5-8)9-2-3-11-6-9/h1,4-5,7,9,11H,2-3,6H2. The molecule has 0 aromatic carbocycles. The van der Waals surface area contributed by atoms with Crippen molar-refractivity contribution < 1.29 is 4.79 Å². The molecular weight excluding hydrogens is 164 g/mol. The van der Waals surface area contributed by atoms with Gasteiger partial charge in [0.25, 0.3) is 0 Å². The Hall–Kier alpha value is -1.22. The predicted octanol–water partition coefficient (Wildman–Crippen LogP) is 0.971. The number of hydrogen-bond acceptors (Lipinski definition) is 3. The van der Waals surface area contributed by atoms with Gasteiger partial charge in [0.05, 0.1) is 0 Å². The summed E-state index contributed by atoms with van der Waals surface area (Å²) in [5.41, 5.74) is 1.76. The van der Waals surface area contributed by atoms with E-state index in [0.29, 0.717) is 5.92 Å². The molecule has 13 heavy (non-hydrogen) atoms. The maximum atomic E-state index is 10.5. The first-order chi connectivity index (χ1) is 6.40. The SMILES string of the molecule is O=Cc1ccnc(C2CCNC2)c1. The van der Waals surface area contributed by atoms with Crippen molar-refractivity contribution >= 4 is 6.29 Å². The number of hydrogen-bond donors (Lipinski definition) is 1. The molecule has 1 aromatic rings. The second-order valence-electron chi connectivity index (χ2n) is 3.32. The number of pyridine rings is 1. The average Bonchev–Trinajstić information content (AvgIpc) is 2.71. The maximum absolute atomic E-state index is 10.5. The van der Waals surface area contributed by atoms with Gasteiger partial charge in [0.15, 0.2) is 0 Å². The highest BCUT2D eigenvalue weighted by atomic mass is 16.1. The van der Waals surface area contributed by atoms with E-state index in [-0.39, 0.29) is 0 Å². The van der Waals surface area contributed by atoms with Gasteiger partial charge in [-0.3, -0.25) is 9.78 Å². The van der Waals surface area contributed by atoms with Gasteiger partial charge in [-0.2, -0.15) is 0 Å². The zero-order chi connectivity index (χ0) is 9.10. The van der Waals surface area contributed by atoms with Crippen molar-refractivity contribution in [3.05, 3.63) is 29.6 Å². The Morgan fingerprint density at radius 2 is 2.54 bits per heavy atom. The van der Waals surface area contributed by atoms with Crippen LogP contribution < -0.4 is 5.32 Å². The molecule has 1 aliphatic rings. The Morgan fingerprint density at radius 3 is 3.23 bits per heavy atom. The Morgan fingerprint density at radius 1 is 1.62 bits per heavy atom. The molecule has 0 radical (unpaired) electrons. The number of aromatic nitrogens is 1. The molecule has 1 fully saturated rings. The van der Waals surface area contributed by atoms with E-state index in [2.05, 4.69) is 10.3 Å². The highest BCUT2D eigenvalue weighted by molar-refractivity contribution is 5.74. The van der Waals surface area contributed by atoms with Crippen molar-refractivity contribution in [3.8, 4) is 0 Å². The number of carbonyl (C=O) groups is 1. The van der Waals surface area contributed by atoms with Crippen LogP contribution in [0.15, 0.2) is 18.3 Å². The first kappa shape index (κ1) is 8.38.